The summed E-state index contributed by atoms with van der Waals surface area (Å²) in [4.78, 5) is 0.897. The third-order valence-electron chi connectivity index (χ3n) is 2.54. The van der Waals surface area contributed by atoms with Crippen LogP contribution in [0.5, 0.6) is 0 Å². The number of thioether (sulfide) groups is 1. The van der Waals surface area contributed by atoms with Crippen molar-refractivity contribution >= 4 is 23.4 Å². The monoisotopic (exact) mass is 281 g/mol. The molecule has 2 N–H and O–H groups in total. The first-order valence-electron chi connectivity index (χ1n) is 5.55. The molecule has 94 valence electrons. The van der Waals surface area contributed by atoms with Gasteiger partial charge < -0.3 is 5.73 Å². The average Bonchev–Trinajstić information content (AvgIpc) is 2.37. The lowest BCUT2D eigenvalue weighted by Crippen LogP contribution is -1.96. The van der Waals surface area contributed by atoms with Crippen molar-refractivity contribution in [2.24, 2.45) is 5.73 Å². The van der Waals surface area contributed by atoms with Crippen LogP contribution in [0.4, 0.5) is 4.39 Å². The van der Waals surface area contributed by atoms with Gasteiger partial charge in [-0.15, -0.1) is 11.8 Å². The Balaban J connectivity index is 2.06. The molecule has 0 aliphatic heterocycles. The molecule has 0 bridgehead atoms. The van der Waals surface area contributed by atoms with Gasteiger partial charge in [0.1, 0.15) is 5.82 Å². The molecular weight excluding hydrogens is 269 g/mol. The Morgan fingerprint density at radius 1 is 1.17 bits per heavy atom. The highest BCUT2D eigenvalue weighted by Gasteiger charge is 2.03. The van der Waals surface area contributed by atoms with E-state index < -0.39 is 0 Å². The molecule has 0 unspecified atom stereocenters. The second kappa shape index (κ2) is 6.23. The number of halogens is 2. The zero-order valence-corrected chi connectivity index (χ0v) is 11.3. The maximum Gasteiger partial charge on any atom is 0.124 e. The highest BCUT2D eigenvalue weighted by atomic mass is 35.5. The van der Waals surface area contributed by atoms with Gasteiger partial charge >= 0.3 is 0 Å². The molecule has 0 fully saturated rings. The van der Waals surface area contributed by atoms with Gasteiger partial charge in [-0.05, 0) is 35.4 Å². The lowest BCUT2D eigenvalue weighted by atomic mass is 10.1. The molecule has 2 aromatic carbocycles. The van der Waals surface area contributed by atoms with E-state index in [1.165, 1.54) is 12.1 Å². The zero-order valence-electron chi connectivity index (χ0n) is 9.70. The van der Waals surface area contributed by atoms with E-state index in [0.717, 1.165) is 16.0 Å². The summed E-state index contributed by atoms with van der Waals surface area (Å²) < 4.78 is 13.0. The first-order chi connectivity index (χ1) is 8.69. The summed E-state index contributed by atoms with van der Waals surface area (Å²) in [7, 11) is 0. The maximum absolute atomic E-state index is 13.0. The zero-order chi connectivity index (χ0) is 13.0. The average molecular weight is 282 g/mol. The first-order valence-corrected chi connectivity index (χ1v) is 6.91. The van der Waals surface area contributed by atoms with Crippen LogP contribution in [-0.4, -0.2) is 0 Å². The fraction of sp³-hybridized carbons (Fsp3) is 0.143. The molecule has 0 radical (unpaired) electrons. The fourth-order valence-corrected chi connectivity index (χ4v) is 2.85. The molecule has 18 heavy (non-hydrogen) atoms. The van der Waals surface area contributed by atoms with Crippen LogP contribution in [0.2, 0.25) is 5.02 Å². The van der Waals surface area contributed by atoms with Crippen molar-refractivity contribution in [3.63, 3.8) is 0 Å². The van der Waals surface area contributed by atoms with E-state index in [4.69, 9.17) is 17.3 Å². The molecule has 0 saturated carbocycles. The molecule has 0 atom stereocenters. The highest BCUT2D eigenvalue weighted by molar-refractivity contribution is 7.98. The quantitative estimate of drug-likeness (QED) is 0.849. The molecule has 0 heterocycles. The third-order valence-corrected chi connectivity index (χ3v) is 3.94. The molecule has 0 aromatic heterocycles. The molecule has 0 saturated heterocycles. The van der Waals surface area contributed by atoms with Gasteiger partial charge in [-0.25, -0.2) is 4.39 Å². The number of hydrogen-bond acceptors (Lipinski definition) is 2. The molecule has 0 amide bonds. The van der Waals surface area contributed by atoms with Crippen LogP contribution in [0.15, 0.2) is 47.4 Å². The van der Waals surface area contributed by atoms with Crippen LogP contribution < -0.4 is 5.73 Å². The van der Waals surface area contributed by atoms with Crippen molar-refractivity contribution in [3.05, 3.63) is 64.4 Å². The molecule has 4 heteroatoms. The van der Waals surface area contributed by atoms with Crippen LogP contribution in [0.25, 0.3) is 0 Å². The predicted molar refractivity (Wildman–Crippen MR) is 75.3 cm³/mol. The summed E-state index contributed by atoms with van der Waals surface area (Å²) >= 11 is 7.72. The molecule has 0 aliphatic carbocycles. The van der Waals surface area contributed by atoms with Gasteiger partial charge in [-0.1, -0.05) is 29.8 Å². The molecule has 0 spiro atoms. The van der Waals surface area contributed by atoms with E-state index in [-0.39, 0.29) is 5.82 Å². The van der Waals surface area contributed by atoms with Crippen molar-refractivity contribution < 1.29 is 4.39 Å². The minimum absolute atomic E-state index is 0.218. The molecular formula is C14H13ClFNS. The third kappa shape index (κ3) is 3.48. The summed E-state index contributed by atoms with van der Waals surface area (Å²) in [6.45, 7) is 0.483. The standard InChI is InChI=1S/C14H13ClFNS/c15-14-6-10(8-17)4-5-11(14)9-18-13-3-1-2-12(16)7-13/h1-7H,8-9,17H2. The van der Waals surface area contributed by atoms with Gasteiger partial charge in [0.05, 0.1) is 0 Å². The Morgan fingerprint density at radius 3 is 2.67 bits per heavy atom. The molecule has 1 nitrogen and oxygen atoms in total. The SMILES string of the molecule is NCc1ccc(CSc2cccc(F)c2)c(Cl)c1. The molecule has 2 aromatic rings. The second-order valence-electron chi connectivity index (χ2n) is 3.88. The molecule has 2 rings (SSSR count). The van der Waals surface area contributed by atoms with Crippen LogP contribution in [-0.2, 0) is 12.3 Å². The number of nitrogens with two attached hydrogens (primary N) is 1. The number of rotatable bonds is 4. The van der Waals surface area contributed by atoms with Crippen molar-refractivity contribution in [2.45, 2.75) is 17.2 Å². The van der Waals surface area contributed by atoms with Crippen LogP contribution >= 0.6 is 23.4 Å². The van der Waals surface area contributed by atoms with Gasteiger partial charge in [0.25, 0.3) is 0 Å². The van der Waals surface area contributed by atoms with Crippen molar-refractivity contribution in [3.8, 4) is 0 Å². The van der Waals surface area contributed by atoms with Gasteiger partial charge in [0, 0.05) is 22.2 Å². The van der Waals surface area contributed by atoms with Crippen molar-refractivity contribution in [1.82, 2.24) is 0 Å². The lowest BCUT2D eigenvalue weighted by Gasteiger charge is -2.06. The Morgan fingerprint density at radius 2 is 2.00 bits per heavy atom. The van der Waals surface area contributed by atoms with E-state index >= 15 is 0 Å². The van der Waals surface area contributed by atoms with Crippen molar-refractivity contribution in [2.75, 3.05) is 0 Å². The maximum atomic E-state index is 13.0. The van der Waals surface area contributed by atoms with Gasteiger partial charge in [0.2, 0.25) is 0 Å². The largest absolute Gasteiger partial charge is 0.326 e. The topological polar surface area (TPSA) is 26.0 Å². The number of benzene rings is 2. The summed E-state index contributed by atoms with van der Waals surface area (Å²) in [6, 6.07) is 12.4. The fourth-order valence-electron chi connectivity index (χ4n) is 1.55. The lowest BCUT2D eigenvalue weighted by molar-refractivity contribution is 0.624. The minimum atomic E-state index is -0.218. The van der Waals surface area contributed by atoms with E-state index in [0.29, 0.717) is 17.3 Å². The normalized spacial score (nSPS) is 10.6. The Labute approximate surface area is 115 Å². The minimum Gasteiger partial charge on any atom is -0.326 e. The van der Waals surface area contributed by atoms with Gasteiger partial charge in [-0.3, -0.25) is 0 Å². The Hall–Kier alpha value is -1.03. The highest BCUT2D eigenvalue weighted by Crippen LogP contribution is 2.27. The van der Waals surface area contributed by atoms with E-state index in [1.54, 1.807) is 17.8 Å². The van der Waals surface area contributed by atoms with Crippen LogP contribution in [0.1, 0.15) is 11.1 Å². The number of hydrogen-bond donors (Lipinski definition) is 1. The Kier molecular flexibility index (Phi) is 4.64. The van der Waals surface area contributed by atoms with Crippen LogP contribution in [0, 0.1) is 5.82 Å². The summed E-state index contributed by atoms with van der Waals surface area (Å²) in [5.74, 6) is 0.497. The predicted octanol–water partition coefficient (Wildman–Crippen LogP) is 4.23. The summed E-state index contributed by atoms with van der Waals surface area (Å²) in [5.41, 5.74) is 7.59. The smallest absolute Gasteiger partial charge is 0.124 e. The Bertz CT molecular complexity index is 545. The summed E-state index contributed by atoms with van der Waals surface area (Å²) in [5, 5.41) is 0.710. The molecule has 0 aliphatic rings. The van der Waals surface area contributed by atoms with Crippen molar-refractivity contribution in [1.29, 1.82) is 0 Å². The first kappa shape index (κ1) is 13.4. The van der Waals surface area contributed by atoms with E-state index in [2.05, 4.69) is 0 Å². The van der Waals surface area contributed by atoms with Gasteiger partial charge in [-0.2, -0.15) is 0 Å². The van der Waals surface area contributed by atoms with E-state index in [1.807, 2.05) is 24.3 Å². The second-order valence-corrected chi connectivity index (χ2v) is 5.33. The van der Waals surface area contributed by atoms with Gasteiger partial charge in [0.15, 0.2) is 0 Å². The van der Waals surface area contributed by atoms with Crippen LogP contribution in [0.3, 0.4) is 0 Å². The van der Waals surface area contributed by atoms with E-state index in [9.17, 15) is 4.39 Å². The summed E-state index contributed by atoms with van der Waals surface area (Å²) in [6.07, 6.45) is 0.